The first kappa shape index (κ1) is 9.00. The molecule has 2 saturated heterocycles. The van der Waals surface area contributed by atoms with Gasteiger partial charge in [0.05, 0.1) is 0 Å². The van der Waals surface area contributed by atoms with Crippen molar-refractivity contribution in [2.45, 2.75) is 31.7 Å². The standard InChI is InChI=1S/C10H18N2O/c1-11-7-4-9(5-8-11)12-6-2-3-10(12)13/h9H,2-8H2,1H3. The third kappa shape index (κ3) is 1.85. The van der Waals surface area contributed by atoms with Crippen molar-refractivity contribution in [3.8, 4) is 0 Å². The molecule has 1 amide bonds. The minimum Gasteiger partial charge on any atom is -0.340 e. The number of rotatable bonds is 1. The van der Waals surface area contributed by atoms with Crippen LogP contribution in [0.1, 0.15) is 25.7 Å². The van der Waals surface area contributed by atoms with E-state index in [0.717, 1.165) is 32.5 Å². The van der Waals surface area contributed by atoms with Crippen LogP contribution in [0.25, 0.3) is 0 Å². The van der Waals surface area contributed by atoms with Gasteiger partial charge in [0.2, 0.25) is 5.91 Å². The minimum atomic E-state index is 0.384. The van der Waals surface area contributed by atoms with E-state index in [2.05, 4.69) is 16.8 Å². The molecule has 2 heterocycles. The molecular weight excluding hydrogens is 164 g/mol. The van der Waals surface area contributed by atoms with Crippen LogP contribution in [0.15, 0.2) is 0 Å². The van der Waals surface area contributed by atoms with Crippen LogP contribution < -0.4 is 0 Å². The minimum absolute atomic E-state index is 0.384. The molecule has 0 radical (unpaired) electrons. The third-order valence-corrected chi connectivity index (χ3v) is 3.24. The first-order valence-electron chi connectivity index (χ1n) is 5.25. The van der Waals surface area contributed by atoms with Crippen LogP contribution in [0.2, 0.25) is 0 Å². The topological polar surface area (TPSA) is 23.6 Å². The van der Waals surface area contributed by atoms with Crippen LogP contribution in [0.5, 0.6) is 0 Å². The molecule has 0 bridgehead atoms. The second-order valence-corrected chi connectivity index (χ2v) is 4.23. The summed E-state index contributed by atoms with van der Waals surface area (Å²) >= 11 is 0. The molecule has 0 unspecified atom stereocenters. The van der Waals surface area contributed by atoms with E-state index in [-0.39, 0.29) is 0 Å². The number of likely N-dealkylation sites (tertiary alicyclic amines) is 2. The summed E-state index contributed by atoms with van der Waals surface area (Å²) in [6, 6.07) is 0.547. The van der Waals surface area contributed by atoms with Crippen LogP contribution in [-0.4, -0.2) is 48.4 Å². The SMILES string of the molecule is CN1CCC(N2CCCC2=O)CC1. The summed E-state index contributed by atoms with van der Waals surface area (Å²) in [6.07, 6.45) is 4.20. The summed E-state index contributed by atoms with van der Waals surface area (Å²) in [5.74, 6) is 0.384. The molecule has 3 heteroatoms. The second kappa shape index (κ2) is 3.66. The van der Waals surface area contributed by atoms with Crippen LogP contribution in [0.4, 0.5) is 0 Å². The highest BCUT2D eigenvalue weighted by Crippen LogP contribution is 2.21. The van der Waals surface area contributed by atoms with Gasteiger partial charge >= 0.3 is 0 Å². The van der Waals surface area contributed by atoms with Crippen molar-refractivity contribution >= 4 is 5.91 Å². The van der Waals surface area contributed by atoms with E-state index in [9.17, 15) is 4.79 Å². The van der Waals surface area contributed by atoms with Gasteiger partial charge in [-0.1, -0.05) is 0 Å². The molecule has 74 valence electrons. The Kier molecular flexibility index (Phi) is 2.54. The van der Waals surface area contributed by atoms with Crippen molar-refractivity contribution in [2.24, 2.45) is 0 Å². The summed E-state index contributed by atoms with van der Waals surface area (Å²) in [6.45, 7) is 3.30. The number of hydrogen-bond acceptors (Lipinski definition) is 2. The lowest BCUT2D eigenvalue weighted by Crippen LogP contribution is -2.44. The summed E-state index contributed by atoms with van der Waals surface area (Å²) in [5, 5.41) is 0. The number of hydrogen-bond donors (Lipinski definition) is 0. The molecular formula is C10H18N2O. The van der Waals surface area contributed by atoms with E-state index < -0.39 is 0 Å². The van der Waals surface area contributed by atoms with Crippen molar-refractivity contribution in [3.63, 3.8) is 0 Å². The van der Waals surface area contributed by atoms with Crippen LogP contribution in [0, 0.1) is 0 Å². The van der Waals surface area contributed by atoms with Crippen LogP contribution in [-0.2, 0) is 4.79 Å². The van der Waals surface area contributed by atoms with Gasteiger partial charge in [-0.15, -0.1) is 0 Å². The molecule has 2 aliphatic rings. The molecule has 0 aromatic carbocycles. The predicted molar refractivity (Wildman–Crippen MR) is 51.5 cm³/mol. The third-order valence-electron chi connectivity index (χ3n) is 3.24. The number of amides is 1. The van der Waals surface area contributed by atoms with Crippen molar-refractivity contribution in [1.82, 2.24) is 9.80 Å². The van der Waals surface area contributed by atoms with E-state index >= 15 is 0 Å². The molecule has 3 nitrogen and oxygen atoms in total. The highest BCUT2D eigenvalue weighted by atomic mass is 16.2. The smallest absolute Gasteiger partial charge is 0.222 e. The highest BCUT2D eigenvalue weighted by Gasteiger charge is 2.29. The number of nitrogens with zero attached hydrogens (tertiary/aromatic N) is 2. The molecule has 0 atom stereocenters. The van der Waals surface area contributed by atoms with Gasteiger partial charge in [0.25, 0.3) is 0 Å². The maximum Gasteiger partial charge on any atom is 0.222 e. The lowest BCUT2D eigenvalue weighted by molar-refractivity contribution is -0.130. The van der Waals surface area contributed by atoms with E-state index in [1.165, 1.54) is 12.8 Å². The van der Waals surface area contributed by atoms with Crippen LogP contribution in [0.3, 0.4) is 0 Å². The Hall–Kier alpha value is -0.570. The molecule has 0 aromatic heterocycles. The highest BCUT2D eigenvalue weighted by molar-refractivity contribution is 5.78. The summed E-state index contributed by atoms with van der Waals surface area (Å²) in [5.41, 5.74) is 0. The molecule has 0 saturated carbocycles. The fourth-order valence-corrected chi connectivity index (χ4v) is 2.36. The van der Waals surface area contributed by atoms with Crippen molar-refractivity contribution in [2.75, 3.05) is 26.7 Å². The van der Waals surface area contributed by atoms with E-state index in [1.54, 1.807) is 0 Å². The Balaban J connectivity index is 1.90. The fraction of sp³-hybridized carbons (Fsp3) is 0.900. The van der Waals surface area contributed by atoms with E-state index in [0.29, 0.717) is 11.9 Å². The Morgan fingerprint density at radius 2 is 1.92 bits per heavy atom. The van der Waals surface area contributed by atoms with Gasteiger partial charge in [0.15, 0.2) is 0 Å². The monoisotopic (exact) mass is 182 g/mol. The Labute approximate surface area is 79.7 Å². The maximum absolute atomic E-state index is 11.5. The summed E-state index contributed by atoms with van der Waals surface area (Å²) in [4.78, 5) is 15.9. The lowest BCUT2D eigenvalue weighted by atomic mass is 10.0. The average Bonchev–Trinajstić information content (AvgIpc) is 2.53. The van der Waals surface area contributed by atoms with Gasteiger partial charge in [-0.3, -0.25) is 4.79 Å². The van der Waals surface area contributed by atoms with Gasteiger partial charge < -0.3 is 9.80 Å². The summed E-state index contributed by atoms with van der Waals surface area (Å²) < 4.78 is 0. The van der Waals surface area contributed by atoms with Gasteiger partial charge in [-0.25, -0.2) is 0 Å². The number of carbonyl (C=O) groups is 1. The van der Waals surface area contributed by atoms with Gasteiger partial charge in [-0.05, 0) is 39.4 Å². The van der Waals surface area contributed by atoms with E-state index in [4.69, 9.17) is 0 Å². The zero-order valence-electron chi connectivity index (χ0n) is 8.33. The van der Waals surface area contributed by atoms with Gasteiger partial charge in [0, 0.05) is 19.0 Å². The van der Waals surface area contributed by atoms with E-state index in [1.807, 2.05) is 0 Å². The molecule has 0 N–H and O–H groups in total. The zero-order chi connectivity index (χ0) is 9.26. The molecule has 2 aliphatic heterocycles. The first-order valence-corrected chi connectivity index (χ1v) is 5.25. The second-order valence-electron chi connectivity index (χ2n) is 4.23. The quantitative estimate of drug-likeness (QED) is 0.596. The lowest BCUT2D eigenvalue weighted by Gasteiger charge is -2.34. The van der Waals surface area contributed by atoms with Crippen molar-refractivity contribution in [3.05, 3.63) is 0 Å². The van der Waals surface area contributed by atoms with Gasteiger partial charge in [0.1, 0.15) is 0 Å². The van der Waals surface area contributed by atoms with Crippen molar-refractivity contribution in [1.29, 1.82) is 0 Å². The normalized spacial score (nSPS) is 27.2. The molecule has 2 fully saturated rings. The molecule has 0 aromatic rings. The Bertz CT molecular complexity index is 197. The summed E-state index contributed by atoms with van der Waals surface area (Å²) in [7, 11) is 2.15. The average molecular weight is 182 g/mol. The molecule has 13 heavy (non-hydrogen) atoms. The largest absolute Gasteiger partial charge is 0.340 e. The molecule has 2 rings (SSSR count). The van der Waals surface area contributed by atoms with Crippen LogP contribution >= 0.6 is 0 Å². The Morgan fingerprint density at radius 3 is 2.46 bits per heavy atom. The number of piperidine rings is 1. The molecule has 0 spiro atoms. The van der Waals surface area contributed by atoms with Crippen molar-refractivity contribution < 1.29 is 4.79 Å². The molecule has 0 aliphatic carbocycles. The predicted octanol–water partition coefficient (Wildman–Crippen LogP) is 0.703. The number of carbonyl (C=O) groups excluding carboxylic acids is 1. The fourth-order valence-electron chi connectivity index (χ4n) is 2.36. The zero-order valence-corrected chi connectivity index (χ0v) is 8.33. The van der Waals surface area contributed by atoms with Gasteiger partial charge in [-0.2, -0.15) is 0 Å². The first-order chi connectivity index (χ1) is 6.27. The Morgan fingerprint density at radius 1 is 1.23 bits per heavy atom. The maximum atomic E-state index is 11.5.